The van der Waals surface area contributed by atoms with E-state index in [1.165, 1.54) is 12.1 Å². The van der Waals surface area contributed by atoms with Gasteiger partial charge in [-0.25, -0.2) is 4.98 Å². The van der Waals surface area contributed by atoms with Crippen molar-refractivity contribution in [3.05, 3.63) is 54.1 Å². The standard InChI is InChI=1S/C18H14F3N3OS/c19-18(20,21)12-5-7-13(8-6-12)22-16(25)11-9-24(10-11)17-23-14-3-1-2-4-15(14)26-17/h1-8,11H,9-10H2,(H,22,25). The topological polar surface area (TPSA) is 45.2 Å². The van der Waals surface area contributed by atoms with E-state index < -0.39 is 11.7 Å². The molecule has 0 atom stereocenters. The Morgan fingerprint density at radius 2 is 1.81 bits per heavy atom. The van der Waals surface area contributed by atoms with E-state index >= 15 is 0 Å². The Labute approximate surface area is 151 Å². The van der Waals surface area contributed by atoms with Crippen LogP contribution in [0.4, 0.5) is 24.0 Å². The summed E-state index contributed by atoms with van der Waals surface area (Å²) in [5, 5.41) is 3.55. The number of amides is 1. The fraction of sp³-hybridized carbons (Fsp3) is 0.222. The molecule has 1 aliphatic heterocycles. The van der Waals surface area contributed by atoms with Gasteiger partial charge in [0.2, 0.25) is 5.91 Å². The SMILES string of the molecule is O=C(Nc1ccc(C(F)(F)F)cc1)C1CN(c2nc3ccccc3s2)C1. The molecule has 0 aliphatic carbocycles. The van der Waals surface area contributed by atoms with E-state index in [-0.39, 0.29) is 11.8 Å². The number of alkyl halides is 3. The average molecular weight is 377 g/mol. The van der Waals surface area contributed by atoms with E-state index in [9.17, 15) is 18.0 Å². The molecule has 1 aliphatic rings. The molecule has 8 heteroatoms. The third-order valence-electron chi connectivity index (χ3n) is 4.29. The number of para-hydroxylation sites is 1. The lowest BCUT2D eigenvalue weighted by molar-refractivity contribution is -0.137. The first kappa shape index (κ1) is 16.8. The fourth-order valence-electron chi connectivity index (χ4n) is 2.78. The quantitative estimate of drug-likeness (QED) is 0.736. The van der Waals surface area contributed by atoms with Gasteiger partial charge in [0, 0.05) is 18.8 Å². The molecule has 134 valence electrons. The van der Waals surface area contributed by atoms with Crippen LogP contribution in [-0.2, 0) is 11.0 Å². The molecule has 1 fully saturated rings. The highest BCUT2D eigenvalue weighted by Crippen LogP contribution is 2.33. The number of benzene rings is 2. The van der Waals surface area contributed by atoms with E-state index in [1.807, 2.05) is 29.2 Å². The molecule has 1 aromatic heterocycles. The zero-order valence-electron chi connectivity index (χ0n) is 13.5. The molecule has 3 aromatic rings. The van der Waals surface area contributed by atoms with Crippen LogP contribution in [-0.4, -0.2) is 24.0 Å². The van der Waals surface area contributed by atoms with Crippen molar-refractivity contribution in [2.45, 2.75) is 6.18 Å². The molecule has 4 nitrogen and oxygen atoms in total. The van der Waals surface area contributed by atoms with Gasteiger partial charge in [0.25, 0.3) is 0 Å². The van der Waals surface area contributed by atoms with E-state index in [1.54, 1.807) is 11.3 Å². The number of anilines is 2. The average Bonchev–Trinajstić information content (AvgIpc) is 2.96. The summed E-state index contributed by atoms with van der Waals surface area (Å²) in [6, 6.07) is 12.3. The molecule has 0 bridgehead atoms. The lowest BCUT2D eigenvalue weighted by atomic mass is 10.00. The third kappa shape index (κ3) is 3.24. The van der Waals surface area contributed by atoms with Crippen molar-refractivity contribution in [3.8, 4) is 0 Å². The van der Waals surface area contributed by atoms with Gasteiger partial charge in [-0.2, -0.15) is 13.2 Å². The molecular weight excluding hydrogens is 363 g/mol. The number of fused-ring (bicyclic) bond motifs is 1. The van der Waals surface area contributed by atoms with Crippen LogP contribution in [0.3, 0.4) is 0 Å². The van der Waals surface area contributed by atoms with E-state index in [4.69, 9.17) is 0 Å². The highest BCUT2D eigenvalue weighted by Gasteiger charge is 2.34. The summed E-state index contributed by atoms with van der Waals surface area (Å²) < 4.78 is 38.8. The van der Waals surface area contributed by atoms with Gasteiger partial charge < -0.3 is 10.2 Å². The Hall–Kier alpha value is -2.61. The summed E-state index contributed by atoms with van der Waals surface area (Å²) in [5.41, 5.74) is 0.563. The van der Waals surface area contributed by atoms with E-state index in [0.717, 1.165) is 27.5 Å². The molecule has 26 heavy (non-hydrogen) atoms. The minimum absolute atomic E-state index is 0.192. The summed E-state index contributed by atoms with van der Waals surface area (Å²) in [7, 11) is 0. The van der Waals surface area contributed by atoms with Crippen LogP contribution in [0.1, 0.15) is 5.56 Å². The van der Waals surface area contributed by atoms with Crippen molar-refractivity contribution in [2.75, 3.05) is 23.3 Å². The van der Waals surface area contributed by atoms with Crippen LogP contribution < -0.4 is 10.2 Å². The minimum atomic E-state index is -4.38. The number of hydrogen-bond acceptors (Lipinski definition) is 4. The van der Waals surface area contributed by atoms with Crippen molar-refractivity contribution in [3.63, 3.8) is 0 Å². The van der Waals surface area contributed by atoms with Crippen molar-refractivity contribution >= 4 is 38.3 Å². The van der Waals surface area contributed by atoms with Crippen molar-refractivity contribution in [1.82, 2.24) is 4.98 Å². The Morgan fingerprint density at radius 1 is 1.12 bits per heavy atom. The third-order valence-corrected chi connectivity index (χ3v) is 5.38. The van der Waals surface area contributed by atoms with E-state index in [0.29, 0.717) is 18.8 Å². The summed E-state index contributed by atoms with van der Waals surface area (Å²) in [6.07, 6.45) is -4.38. The molecule has 1 N–H and O–H groups in total. The predicted octanol–water partition coefficient (Wildman–Crippen LogP) is 4.39. The van der Waals surface area contributed by atoms with Crippen LogP contribution in [0.15, 0.2) is 48.5 Å². The molecule has 0 spiro atoms. The number of carbonyl (C=O) groups is 1. The normalized spacial score (nSPS) is 15.1. The van der Waals surface area contributed by atoms with Gasteiger partial charge >= 0.3 is 6.18 Å². The Morgan fingerprint density at radius 3 is 2.46 bits per heavy atom. The highest BCUT2D eigenvalue weighted by atomic mass is 32.1. The molecule has 2 aromatic carbocycles. The number of aromatic nitrogens is 1. The van der Waals surface area contributed by atoms with Crippen LogP contribution in [0.25, 0.3) is 10.2 Å². The van der Waals surface area contributed by atoms with E-state index in [2.05, 4.69) is 10.3 Å². The molecule has 1 amide bonds. The van der Waals surface area contributed by atoms with Gasteiger partial charge in [-0.3, -0.25) is 4.79 Å². The molecule has 0 radical (unpaired) electrons. The van der Waals surface area contributed by atoms with Gasteiger partial charge in [-0.1, -0.05) is 23.5 Å². The second-order valence-electron chi connectivity index (χ2n) is 6.13. The summed E-state index contributed by atoms with van der Waals surface area (Å²) in [5.74, 6) is -0.397. The minimum Gasteiger partial charge on any atom is -0.346 e. The maximum atomic E-state index is 12.6. The van der Waals surface area contributed by atoms with Crippen molar-refractivity contribution in [1.29, 1.82) is 0 Å². The molecule has 0 saturated carbocycles. The summed E-state index contributed by atoms with van der Waals surface area (Å²) in [6.45, 7) is 1.10. The second-order valence-corrected chi connectivity index (χ2v) is 7.14. The lowest BCUT2D eigenvalue weighted by Crippen LogP contribution is -2.52. The number of rotatable bonds is 3. The summed E-state index contributed by atoms with van der Waals surface area (Å²) in [4.78, 5) is 18.8. The monoisotopic (exact) mass is 377 g/mol. The smallest absolute Gasteiger partial charge is 0.346 e. The first-order valence-corrected chi connectivity index (χ1v) is 8.80. The van der Waals surface area contributed by atoms with Crippen molar-refractivity contribution in [2.24, 2.45) is 5.92 Å². The number of nitrogens with one attached hydrogen (secondary N) is 1. The van der Waals surface area contributed by atoms with Gasteiger partial charge in [-0.15, -0.1) is 0 Å². The van der Waals surface area contributed by atoms with Crippen molar-refractivity contribution < 1.29 is 18.0 Å². The maximum Gasteiger partial charge on any atom is 0.416 e. The highest BCUT2D eigenvalue weighted by molar-refractivity contribution is 7.22. The Balaban J connectivity index is 1.36. The molecule has 4 rings (SSSR count). The lowest BCUT2D eigenvalue weighted by Gasteiger charge is -2.37. The number of halogens is 3. The summed E-state index contributed by atoms with van der Waals surface area (Å²) >= 11 is 1.58. The fourth-order valence-corrected chi connectivity index (χ4v) is 3.77. The Kier molecular flexibility index (Phi) is 4.07. The number of hydrogen-bond donors (Lipinski definition) is 1. The van der Waals surface area contributed by atoms with Crippen LogP contribution in [0, 0.1) is 5.92 Å². The molecule has 1 saturated heterocycles. The van der Waals surface area contributed by atoms with Crippen LogP contribution >= 0.6 is 11.3 Å². The number of nitrogens with zero attached hydrogens (tertiary/aromatic N) is 2. The number of thiazole rings is 1. The first-order chi connectivity index (χ1) is 12.4. The van der Waals surface area contributed by atoms with Gasteiger partial charge in [0.15, 0.2) is 5.13 Å². The predicted molar refractivity (Wildman–Crippen MR) is 95.4 cm³/mol. The maximum absolute atomic E-state index is 12.6. The zero-order chi connectivity index (χ0) is 18.3. The molecular formula is C18H14F3N3OS. The van der Waals surface area contributed by atoms with Gasteiger partial charge in [0.1, 0.15) is 0 Å². The van der Waals surface area contributed by atoms with Crippen LogP contribution in [0.2, 0.25) is 0 Å². The first-order valence-electron chi connectivity index (χ1n) is 7.99. The van der Waals surface area contributed by atoms with Gasteiger partial charge in [0.05, 0.1) is 21.7 Å². The molecule has 2 heterocycles. The largest absolute Gasteiger partial charge is 0.416 e. The Bertz CT molecular complexity index is 913. The second kappa shape index (κ2) is 6.28. The molecule has 0 unspecified atom stereocenters. The zero-order valence-corrected chi connectivity index (χ0v) is 14.3. The van der Waals surface area contributed by atoms with Gasteiger partial charge in [-0.05, 0) is 36.4 Å². The number of carbonyl (C=O) groups excluding carboxylic acids is 1. The van der Waals surface area contributed by atoms with Crippen LogP contribution in [0.5, 0.6) is 0 Å².